The number of hydrogen-bond acceptors (Lipinski definition) is 7. The van der Waals surface area contributed by atoms with Gasteiger partial charge >= 0.3 is 5.97 Å². The van der Waals surface area contributed by atoms with E-state index in [9.17, 15) is 9.90 Å². The summed E-state index contributed by atoms with van der Waals surface area (Å²) >= 11 is 1.19. The quantitative estimate of drug-likeness (QED) is 0.246. The minimum atomic E-state index is -0.940. The van der Waals surface area contributed by atoms with Crippen molar-refractivity contribution in [3.8, 4) is 34.0 Å². The molecule has 0 radical (unpaired) electrons. The molecule has 1 saturated heterocycles. The zero-order valence-corrected chi connectivity index (χ0v) is 23.0. The third-order valence-corrected chi connectivity index (χ3v) is 8.56. The number of pyridine rings is 1. The number of piperidine rings is 1. The number of hydrogen-bond donors (Lipinski definition) is 2. The van der Waals surface area contributed by atoms with Crippen LogP contribution >= 0.6 is 11.3 Å². The molecular formula is C31H27N7O2S. The molecule has 204 valence electrons. The van der Waals surface area contributed by atoms with Crippen molar-refractivity contribution < 1.29 is 9.90 Å². The van der Waals surface area contributed by atoms with Gasteiger partial charge in [0.05, 0.1) is 11.4 Å². The smallest absolute Gasteiger partial charge is 0.347 e. The lowest BCUT2D eigenvalue weighted by Crippen LogP contribution is -2.32. The molecule has 0 saturated carbocycles. The minimum Gasteiger partial charge on any atom is -0.477 e. The van der Waals surface area contributed by atoms with E-state index in [1.807, 2.05) is 52.9 Å². The number of nitrogens with one attached hydrogen (secondary N) is 1. The summed E-state index contributed by atoms with van der Waals surface area (Å²) in [5.41, 5.74) is 5.79. The predicted molar refractivity (Wildman–Crippen MR) is 158 cm³/mol. The summed E-state index contributed by atoms with van der Waals surface area (Å²) in [5.74, 6) is 1.02. The molecule has 0 aliphatic carbocycles. The highest BCUT2D eigenvalue weighted by Gasteiger charge is 2.24. The van der Waals surface area contributed by atoms with Gasteiger partial charge in [-0.15, -0.1) is 0 Å². The van der Waals surface area contributed by atoms with Crippen LogP contribution in [-0.4, -0.2) is 58.6 Å². The zero-order chi connectivity index (χ0) is 27.8. The second-order valence-corrected chi connectivity index (χ2v) is 11.2. The molecule has 10 heteroatoms. The summed E-state index contributed by atoms with van der Waals surface area (Å²) in [4.78, 5) is 28.9. The van der Waals surface area contributed by atoms with Crippen LogP contribution in [0.25, 0.3) is 39.0 Å². The number of H-pyrrole nitrogens is 1. The Kier molecular flexibility index (Phi) is 6.62. The summed E-state index contributed by atoms with van der Waals surface area (Å²) < 4.78 is 1.89. The van der Waals surface area contributed by atoms with E-state index in [2.05, 4.69) is 44.3 Å². The summed E-state index contributed by atoms with van der Waals surface area (Å²) in [7, 11) is 0. The fourth-order valence-electron chi connectivity index (χ4n) is 5.48. The Morgan fingerprint density at radius 3 is 2.46 bits per heavy atom. The molecule has 2 N–H and O–H groups in total. The molecule has 5 heterocycles. The molecule has 1 aliphatic rings. The zero-order valence-electron chi connectivity index (χ0n) is 22.1. The van der Waals surface area contributed by atoms with Gasteiger partial charge in [0.15, 0.2) is 10.8 Å². The van der Waals surface area contributed by atoms with Gasteiger partial charge in [0.2, 0.25) is 0 Å². The molecule has 0 amide bonds. The van der Waals surface area contributed by atoms with Crippen molar-refractivity contribution in [2.24, 2.45) is 0 Å². The van der Waals surface area contributed by atoms with Crippen LogP contribution in [0.2, 0.25) is 0 Å². The van der Waals surface area contributed by atoms with E-state index in [1.54, 1.807) is 12.4 Å². The Bertz CT molecular complexity index is 1800. The number of carboxylic acids is 1. The first-order chi connectivity index (χ1) is 20.1. The molecule has 2 aromatic carbocycles. The van der Waals surface area contributed by atoms with Gasteiger partial charge in [-0.25, -0.2) is 14.8 Å². The second-order valence-electron chi connectivity index (χ2n) is 10.2. The molecule has 0 spiro atoms. The summed E-state index contributed by atoms with van der Waals surface area (Å²) in [6, 6.07) is 24.3. The van der Waals surface area contributed by atoms with Crippen LogP contribution in [0.3, 0.4) is 0 Å². The van der Waals surface area contributed by atoms with Gasteiger partial charge in [0.1, 0.15) is 16.4 Å². The Labute approximate surface area is 240 Å². The number of aromatic nitrogens is 6. The first-order valence-corrected chi connectivity index (χ1v) is 14.4. The number of benzene rings is 2. The van der Waals surface area contributed by atoms with Crippen LogP contribution < -0.4 is 0 Å². The van der Waals surface area contributed by atoms with Gasteiger partial charge in [0, 0.05) is 36.0 Å². The third-order valence-electron chi connectivity index (χ3n) is 7.59. The van der Waals surface area contributed by atoms with Gasteiger partial charge in [-0.1, -0.05) is 72.0 Å². The Morgan fingerprint density at radius 1 is 0.951 bits per heavy atom. The number of carbonyl (C=O) groups is 1. The lowest BCUT2D eigenvalue weighted by molar-refractivity contribution is 0.0701. The first-order valence-electron chi connectivity index (χ1n) is 13.6. The fraction of sp³-hybridized carbons (Fsp3) is 0.194. The first kappa shape index (κ1) is 25.3. The van der Waals surface area contributed by atoms with Crippen molar-refractivity contribution in [2.75, 3.05) is 13.1 Å². The maximum atomic E-state index is 11.6. The fourth-order valence-corrected chi connectivity index (χ4v) is 6.30. The second kappa shape index (κ2) is 10.7. The Morgan fingerprint density at radius 2 is 1.73 bits per heavy atom. The van der Waals surface area contributed by atoms with Gasteiger partial charge in [-0.3, -0.25) is 19.4 Å². The van der Waals surface area contributed by atoms with E-state index >= 15 is 0 Å². The van der Waals surface area contributed by atoms with Crippen LogP contribution in [-0.2, 0) is 6.54 Å². The van der Waals surface area contributed by atoms with Crippen molar-refractivity contribution in [1.29, 1.82) is 0 Å². The highest BCUT2D eigenvalue weighted by atomic mass is 32.1. The molecule has 1 fully saturated rings. The molecular weight excluding hydrogens is 534 g/mol. The molecule has 0 unspecified atom stereocenters. The van der Waals surface area contributed by atoms with Crippen molar-refractivity contribution in [3.05, 3.63) is 101 Å². The summed E-state index contributed by atoms with van der Waals surface area (Å²) in [6.07, 6.45) is 5.48. The molecule has 6 aromatic rings. The van der Waals surface area contributed by atoms with Gasteiger partial charge in [-0.2, -0.15) is 5.10 Å². The van der Waals surface area contributed by atoms with E-state index in [-0.39, 0.29) is 4.88 Å². The SMILES string of the molecule is O=C(O)c1cn2c(-c3ccccc3)c(-c3ccc(CN4CCC(c5nc(-c6ccccn6)n[nH]5)CC4)cc3)nc2s1. The van der Waals surface area contributed by atoms with E-state index in [4.69, 9.17) is 9.97 Å². The van der Waals surface area contributed by atoms with Crippen molar-refractivity contribution in [3.63, 3.8) is 0 Å². The Hall–Kier alpha value is -4.67. The van der Waals surface area contributed by atoms with E-state index in [1.165, 1.54) is 16.9 Å². The molecule has 4 aromatic heterocycles. The van der Waals surface area contributed by atoms with Crippen molar-refractivity contribution in [1.82, 2.24) is 34.4 Å². The number of likely N-dealkylation sites (tertiary alicyclic amines) is 1. The summed E-state index contributed by atoms with van der Waals surface area (Å²) in [5, 5.41) is 17.0. The molecule has 41 heavy (non-hydrogen) atoms. The highest BCUT2D eigenvalue weighted by molar-refractivity contribution is 7.18. The maximum absolute atomic E-state index is 11.6. The summed E-state index contributed by atoms with van der Waals surface area (Å²) in [6.45, 7) is 2.87. The average molecular weight is 562 g/mol. The van der Waals surface area contributed by atoms with Gasteiger partial charge in [-0.05, 0) is 43.6 Å². The number of aromatic amines is 1. The van der Waals surface area contributed by atoms with Crippen LogP contribution in [0.15, 0.2) is 85.2 Å². The lowest BCUT2D eigenvalue weighted by Gasteiger charge is -2.30. The topological polar surface area (TPSA) is 112 Å². The van der Waals surface area contributed by atoms with Crippen LogP contribution in [0.1, 0.15) is 39.8 Å². The number of nitrogens with zero attached hydrogens (tertiary/aromatic N) is 6. The van der Waals surface area contributed by atoms with Gasteiger partial charge < -0.3 is 5.11 Å². The standard InChI is InChI=1S/C31H27N7O2S/c39-30(40)25-19-38-27(22-6-2-1-3-7-22)26(33-31(38)41-25)21-11-9-20(10-12-21)18-37-16-13-23(14-17-37)28-34-29(36-35-28)24-8-4-5-15-32-24/h1-12,15,19,23H,13-14,16-18H2,(H,39,40)(H,34,35,36). The number of thiazole rings is 1. The maximum Gasteiger partial charge on any atom is 0.347 e. The van der Waals surface area contributed by atoms with Gasteiger partial charge in [0.25, 0.3) is 0 Å². The third kappa shape index (κ3) is 5.03. The normalized spacial score (nSPS) is 14.5. The number of fused-ring (bicyclic) bond motifs is 1. The Balaban J connectivity index is 1.05. The highest BCUT2D eigenvalue weighted by Crippen LogP contribution is 2.36. The average Bonchev–Trinajstić information content (AvgIpc) is 3.74. The van der Waals surface area contributed by atoms with Crippen LogP contribution in [0, 0.1) is 0 Å². The number of carboxylic acid groups (broad SMARTS) is 1. The molecule has 0 atom stereocenters. The lowest BCUT2D eigenvalue weighted by atomic mass is 9.95. The largest absolute Gasteiger partial charge is 0.477 e. The number of aromatic carboxylic acids is 1. The van der Waals surface area contributed by atoms with E-state index in [0.717, 1.165) is 66.5 Å². The van der Waals surface area contributed by atoms with E-state index in [0.29, 0.717) is 16.7 Å². The minimum absolute atomic E-state index is 0.271. The molecule has 9 nitrogen and oxygen atoms in total. The van der Waals surface area contributed by atoms with Crippen LogP contribution in [0.4, 0.5) is 0 Å². The molecule has 7 rings (SSSR count). The van der Waals surface area contributed by atoms with Crippen molar-refractivity contribution >= 4 is 22.3 Å². The van der Waals surface area contributed by atoms with E-state index < -0.39 is 5.97 Å². The van der Waals surface area contributed by atoms with Crippen LogP contribution in [0.5, 0.6) is 0 Å². The number of imidazole rings is 1. The monoisotopic (exact) mass is 561 g/mol. The molecule has 0 bridgehead atoms. The number of rotatable bonds is 7. The predicted octanol–water partition coefficient (Wildman–Crippen LogP) is 5.99. The van der Waals surface area contributed by atoms with Crippen molar-refractivity contribution in [2.45, 2.75) is 25.3 Å². The molecule has 1 aliphatic heterocycles.